The molecule has 0 aromatic carbocycles. The minimum atomic E-state index is -1.10. The normalized spacial score (nSPS) is 27.1. The number of hydrogen-bond donors (Lipinski definition) is 0. The highest BCUT2D eigenvalue weighted by Gasteiger charge is 2.72. The minimum Gasteiger partial charge on any atom is -0.462 e. The van der Waals surface area contributed by atoms with Crippen molar-refractivity contribution < 1.29 is 38.1 Å². The van der Waals surface area contributed by atoms with E-state index in [1.807, 2.05) is 20.8 Å². The van der Waals surface area contributed by atoms with Gasteiger partial charge in [0.25, 0.3) is 0 Å². The van der Waals surface area contributed by atoms with Crippen LogP contribution in [0.3, 0.4) is 0 Å². The summed E-state index contributed by atoms with van der Waals surface area (Å²) in [6.07, 6.45) is 4.15. The van der Waals surface area contributed by atoms with Gasteiger partial charge in [-0.05, 0) is 130 Å². The first-order valence-electron chi connectivity index (χ1n) is 24.8. The molecule has 3 aliphatic rings. The van der Waals surface area contributed by atoms with E-state index in [1.54, 1.807) is 0 Å². The maximum atomic E-state index is 14.9. The molecule has 0 radical (unpaired) electrons. The second kappa shape index (κ2) is 18.5. The molecule has 9 nitrogen and oxygen atoms in total. The highest BCUT2D eigenvalue weighted by Crippen LogP contribution is 2.63. The van der Waals surface area contributed by atoms with Crippen LogP contribution in [-0.2, 0) is 38.1 Å². The van der Waals surface area contributed by atoms with Crippen LogP contribution in [0.4, 0.5) is 0 Å². The number of nitrogens with zero attached hydrogens (tertiary/aromatic N) is 1. The first kappa shape index (κ1) is 55.7. The molecule has 3 fully saturated rings. The van der Waals surface area contributed by atoms with Gasteiger partial charge in [-0.15, -0.1) is 0 Å². The Hall–Kier alpha value is -2.63. The molecule has 2 aliphatic carbocycles. The van der Waals surface area contributed by atoms with Crippen molar-refractivity contribution >= 4 is 23.9 Å². The molecular weight excluding hydrogens is 803 g/mol. The predicted molar refractivity (Wildman–Crippen MR) is 255 cm³/mol. The van der Waals surface area contributed by atoms with E-state index in [-0.39, 0.29) is 75.4 Å². The molecule has 0 amide bonds. The molecule has 2 saturated carbocycles. The van der Waals surface area contributed by atoms with E-state index in [2.05, 4.69) is 145 Å². The summed E-state index contributed by atoms with van der Waals surface area (Å²) >= 11 is 0. The smallest absolute Gasteiger partial charge is 0.327 e. The topological polar surface area (TPSA) is 129 Å². The summed E-state index contributed by atoms with van der Waals surface area (Å²) in [7, 11) is 0. The van der Waals surface area contributed by atoms with E-state index >= 15 is 0 Å². The lowest BCUT2D eigenvalue weighted by Gasteiger charge is -2.49. The SMILES string of the molecule is CC(CCC(C)C(OC(=O)C(C)(CC(C)(C)C)C(C)(C)CCC(C)(C)CC(C)(C(=O)OC1C2CC3C1OC(=O)C3(C#N)C2)C(C)(C)C)C(C)C)OC(=O)C(C)(CC(C)(C)C)C(C)(C)C. The summed E-state index contributed by atoms with van der Waals surface area (Å²) in [6.45, 7) is 48.9. The summed E-state index contributed by atoms with van der Waals surface area (Å²) < 4.78 is 25.0. The maximum absolute atomic E-state index is 14.9. The molecule has 0 aromatic heterocycles. The molecule has 3 rings (SSSR count). The van der Waals surface area contributed by atoms with Gasteiger partial charge in [-0.25, -0.2) is 0 Å². The fraction of sp³-hybridized carbons (Fsp3) is 0.909. The average Bonchev–Trinajstić information content (AvgIpc) is 3.71. The minimum absolute atomic E-state index is 0.0377. The zero-order valence-electron chi connectivity index (χ0n) is 45.2. The summed E-state index contributed by atoms with van der Waals surface area (Å²) in [5.41, 5.74) is -5.16. The van der Waals surface area contributed by atoms with E-state index in [0.717, 1.165) is 25.7 Å². The standard InChI is InChI=1S/C55H95NO8/c1-34(2)39(35(3)24-25-36(4)61-42(57)52(21,48(11,12)13)30-46(5,6)7)62-44(59)54(23,31-47(8,9)10)51(19,20)27-26-50(17,18)32-53(22,49(14,15)16)43(58)63-40-37-28-38-41(40)64-45(60)55(38,29-37)33-56/h34-41H,24-32H2,1-23H3. The Morgan fingerprint density at radius 2 is 1.17 bits per heavy atom. The molecule has 368 valence electrons. The van der Waals surface area contributed by atoms with Crippen LogP contribution in [-0.4, -0.2) is 48.3 Å². The average molecular weight is 898 g/mol. The third kappa shape index (κ3) is 11.5. The third-order valence-corrected chi connectivity index (χ3v) is 17.0. The van der Waals surface area contributed by atoms with Gasteiger partial charge in [-0.2, -0.15) is 5.26 Å². The Balaban J connectivity index is 1.77. The zero-order chi connectivity index (χ0) is 49.8. The van der Waals surface area contributed by atoms with Gasteiger partial charge in [0.2, 0.25) is 0 Å². The quantitative estimate of drug-likeness (QED) is 0.0919. The molecule has 11 unspecified atom stereocenters. The number of esters is 4. The van der Waals surface area contributed by atoms with Gasteiger partial charge in [0.15, 0.2) is 5.41 Å². The van der Waals surface area contributed by atoms with Crippen LogP contribution in [0.15, 0.2) is 0 Å². The number of ether oxygens (including phenoxy) is 4. The van der Waals surface area contributed by atoms with Gasteiger partial charge in [0.1, 0.15) is 18.3 Å². The summed E-state index contributed by atoms with van der Waals surface area (Å²) in [5.74, 6) is -1.26. The Labute approximate surface area is 391 Å². The van der Waals surface area contributed by atoms with Crippen LogP contribution in [0.5, 0.6) is 0 Å². The molecular formula is C55H95NO8. The van der Waals surface area contributed by atoms with Gasteiger partial charge < -0.3 is 18.9 Å². The lowest BCUT2D eigenvalue weighted by atomic mass is 9.56. The first-order valence-corrected chi connectivity index (χ1v) is 24.8. The van der Waals surface area contributed by atoms with Crippen molar-refractivity contribution in [2.24, 2.45) is 77.8 Å². The Morgan fingerprint density at radius 1 is 0.688 bits per heavy atom. The fourth-order valence-corrected chi connectivity index (χ4v) is 11.7. The van der Waals surface area contributed by atoms with Crippen molar-refractivity contribution in [3.63, 3.8) is 0 Å². The monoisotopic (exact) mass is 898 g/mol. The van der Waals surface area contributed by atoms with Crippen molar-refractivity contribution in [2.75, 3.05) is 0 Å². The number of hydrogen-bond acceptors (Lipinski definition) is 9. The Kier molecular flexibility index (Phi) is 16.1. The van der Waals surface area contributed by atoms with Gasteiger partial charge >= 0.3 is 23.9 Å². The molecule has 1 heterocycles. The van der Waals surface area contributed by atoms with Crippen molar-refractivity contribution in [3.8, 4) is 6.07 Å². The number of nitriles is 1. The molecule has 0 spiro atoms. The molecule has 0 N–H and O–H groups in total. The molecule has 1 saturated heterocycles. The van der Waals surface area contributed by atoms with Crippen molar-refractivity contribution in [1.82, 2.24) is 0 Å². The summed E-state index contributed by atoms with van der Waals surface area (Å²) in [6, 6.07) is 2.25. The first-order chi connectivity index (χ1) is 28.5. The number of carbonyl (C=O) groups is 4. The van der Waals surface area contributed by atoms with Crippen LogP contribution >= 0.6 is 0 Å². The van der Waals surface area contributed by atoms with Crippen LogP contribution < -0.4 is 0 Å². The van der Waals surface area contributed by atoms with Crippen molar-refractivity contribution in [2.45, 2.75) is 241 Å². The second-order valence-electron chi connectivity index (χ2n) is 28.2. The van der Waals surface area contributed by atoms with E-state index in [1.165, 1.54) is 0 Å². The number of carbonyl (C=O) groups excluding carboxylic acids is 4. The van der Waals surface area contributed by atoms with E-state index in [4.69, 9.17) is 18.9 Å². The lowest BCUT2D eigenvalue weighted by Crippen LogP contribution is -2.49. The largest absolute Gasteiger partial charge is 0.462 e. The van der Waals surface area contributed by atoms with Crippen molar-refractivity contribution in [3.05, 3.63) is 0 Å². The highest BCUT2D eigenvalue weighted by molar-refractivity contribution is 5.85. The van der Waals surface area contributed by atoms with Crippen LogP contribution in [0.1, 0.15) is 217 Å². The Morgan fingerprint density at radius 3 is 1.64 bits per heavy atom. The van der Waals surface area contributed by atoms with Gasteiger partial charge in [-0.3, -0.25) is 19.2 Å². The third-order valence-electron chi connectivity index (χ3n) is 17.0. The molecule has 11 atom stereocenters. The molecule has 1 aliphatic heterocycles. The zero-order valence-corrected chi connectivity index (χ0v) is 45.2. The highest BCUT2D eigenvalue weighted by atomic mass is 16.6. The lowest BCUT2D eigenvalue weighted by molar-refractivity contribution is -0.180. The molecule has 2 bridgehead atoms. The Bertz CT molecular complexity index is 1740. The summed E-state index contributed by atoms with van der Waals surface area (Å²) in [4.78, 5) is 56.0. The van der Waals surface area contributed by atoms with Crippen LogP contribution in [0.2, 0.25) is 0 Å². The number of fused-ring (bicyclic) bond motifs is 1. The van der Waals surface area contributed by atoms with E-state index in [0.29, 0.717) is 32.1 Å². The molecule has 9 heteroatoms. The fourth-order valence-electron chi connectivity index (χ4n) is 11.7. The van der Waals surface area contributed by atoms with E-state index < -0.39 is 50.7 Å². The molecule has 64 heavy (non-hydrogen) atoms. The van der Waals surface area contributed by atoms with Crippen molar-refractivity contribution in [1.29, 1.82) is 5.26 Å². The van der Waals surface area contributed by atoms with Gasteiger partial charge in [0, 0.05) is 11.8 Å². The maximum Gasteiger partial charge on any atom is 0.327 e. The van der Waals surface area contributed by atoms with E-state index in [9.17, 15) is 24.4 Å². The summed E-state index contributed by atoms with van der Waals surface area (Å²) in [5, 5.41) is 9.91. The van der Waals surface area contributed by atoms with Gasteiger partial charge in [0.05, 0.1) is 28.4 Å². The van der Waals surface area contributed by atoms with Crippen LogP contribution in [0.25, 0.3) is 0 Å². The number of rotatable bonds is 19. The second-order valence-corrected chi connectivity index (χ2v) is 28.2. The van der Waals surface area contributed by atoms with Gasteiger partial charge in [-0.1, -0.05) is 132 Å². The van der Waals surface area contributed by atoms with Crippen LogP contribution in [0, 0.1) is 89.2 Å². The molecule has 0 aromatic rings. The predicted octanol–water partition coefficient (Wildman–Crippen LogP) is 13.5.